The Morgan fingerprint density at radius 1 is 0.793 bits per heavy atom. The molecule has 1 heterocycles. The van der Waals surface area contributed by atoms with Crippen LogP contribution in [0.25, 0.3) is 0 Å². The molecule has 6 heteroatoms. The maximum absolute atomic E-state index is 13.3. The molecule has 0 aromatic heterocycles. The van der Waals surface area contributed by atoms with E-state index in [1.54, 1.807) is 11.9 Å². The maximum Gasteiger partial charge on any atom is 0.283 e. The smallest absolute Gasteiger partial charge is 0.283 e. The summed E-state index contributed by atoms with van der Waals surface area (Å²) in [5.74, 6) is -1.29. The summed E-state index contributed by atoms with van der Waals surface area (Å²) in [6.45, 7) is 0. The van der Waals surface area contributed by atoms with Crippen LogP contribution in [0.2, 0.25) is 0 Å². The van der Waals surface area contributed by atoms with Crippen molar-refractivity contribution >= 4 is 35.0 Å². The average Bonchev–Trinajstić information content (AvgIpc) is 2.99. The number of carbonyl (C=O) groups is 2. The number of halogens is 1. The summed E-state index contributed by atoms with van der Waals surface area (Å²) in [5, 5.41) is 0. The summed E-state index contributed by atoms with van der Waals surface area (Å²) in [7, 11) is 1.76. The summed E-state index contributed by atoms with van der Waals surface area (Å²) in [6, 6.07) is 24.1. The summed E-state index contributed by atoms with van der Waals surface area (Å²) < 4.78 is 13.3. The standard InChI is InChI=1S/C23H17FN2O2S/c1-25(17-8-4-2-5-9-17)20-21(29-19-10-6-3-7-11-19)23(28)26(22(20)27)18-14-12-16(24)13-15-18/h2-15H,1H3. The average molecular weight is 404 g/mol. The Hall–Kier alpha value is -3.38. The lowest BCUT2D eigenvalue weighted by Crippen LogP contribution is -2.34. The van der Waals surface area contributed by atoms with E-state index in [1.807, 2.05) is 60.7 Å². The van der Waals surface area contributed by atoms with E-state index in [2.05, 4.69) is 0 Å². The molecule has 0 spiro atoms. The molecule has 0 saturated carbocycles. The lowest BCUT2D eigenvalue weighted by atomic mass is 10.2. The number of imide groups is 1. The number of likely N-dealkylation sites (N-methyl/N-ethyl adjacent to an activating group) is 1. The van der Waals surface area contributed by atoms with E-state index in [4.69, 9.17) is 0 Å². The highest BCUT2D eigenvalue weighted by Crippen LogP contribution is 2.39. The molecule has 0 saturated heterocycles. The van der Waals surface area contributed by atoms with Gasteiger partial charge in [0.1, 0.15) is 16.4 Å². The van der Waals surface area contributed by atoms with Crippen LogP contribution in [0, 0.1) is 5.82 Å². The molecular weight excluding hydrogens is 387 g/mol. The molecule has 29 heavy (non-hydrogen) atoms. The van der Waals surface area contributed by atoms with Gasteiger partial charge in [-0.15, -0.1) is 0 Å². The molecule has 0 unspecified atom stereocenters. The van der Waals surface area contributed by atoms with Crippen LogP contribution in [-0.4, -0.2) is 18.9 Å². The van der Waals surface area contributed by atoms with Crippen molar-refractivity contribution in [1.82, 2.24) is 0 Å². The zero-order valence-electron chi connectivity index (χ0n) is 15.6. The van der Waals surface area contributed by atoms with Crippen molar-refractivity contribution in [3.8, 4) is 0 Å². The van der Waals surface area contributed by atoms with E-state index in [0.29, 0.717) is 16.3 Å². The van der Waals surface area contributed by atoms with Crippen LogP contribution in [0.5, 0.6) is 0 Å². The molecule has 4 nitrogen and oxygen atoms in total. The first-order valence-electron chi connectivity index (χ1n) is 8.96. The van der Waals surface area contributed by atoms with Gasteiger partial charge in [-0.25, -0.2) is 9.29 Å². The molecule has 0 N–H and O–H groups in total. The molecular formula is C23H17FN2O2S. The van der Waals surface area contributed by atoms with Gasteiger partial charge in [0.25, 0.3) is 11.8 Å². The summed E-state index contributed by atoms with van der Waals surface area (Å²) in [6.07, 6.45) is 0. The van der Waals surface area contributed by atoms with Gasteiger partial charge < -0.3 is 4.90 Å². The Morgan fingerprint density at radius 3 is 2.00 bits per heavy atom. The van der Waals surface area contributed by atoms with E-state index < -0.39 is 17.6 Å². The number of carbonyl (C=O) groups excluding carboxylic acids is 2. The Morgan fingerprint density at radius 2 is 1.38 bits per heavy atom. The molecule has 3 aromatic carbocycles. The molecule has 144 valence electrons. The van der Waals surface area contributed by atoms with Gasteiger partial charge in [0.05, 0.1) is 5.69 Å². The van der Waals surface area contributed by atoms with Gasteiger partial charge in [0, 0.05) is 17.6 Å². The highest BCUT2D eigenvalue weighted by molar-refractivity contribution is 8.04. The Bertz CT molecular complexity index is 1080. The van der Waals surface area contributed by atoms with Gasteiger partial charge in [0.2, 0.25) is 0 Å². The number of anilines is 2. The van der Waals surface area contributed by atoms with E-state index in [1.165, 1.54) is 36.0 Å². The molecule has 1 aliphatic heterocycles. The van der Waals surface area contributed by atoms with Crippen molar-refractivity contribution in [1.29, 1.82) is 0 Å². The lowest BCUT2D eigenvalue weighted by molar-refractivity contribution is -0.120. The number of rotatable bonds is 5. The first-order chi connectivity index (χ1) is 14.1. The SMILES string of the molecule is CN(C1=C(Sc2ccccc2)C(=O)N(c2ccc(F)cc2)C1=O)c1ccccc1. The third-order valence-electron chi connectivity index (χ3n) is 4.54. The molecule has 1 aliphatic rings. The van der Waals surface area contributed by atoms with Gasteiger partial charge in [-0.1, -0.05) is 48.2 Å². The van der Waals surface area contributed by atoms with E-state index in [9.17, 15) is 14.0 Å². The van der Waals surface area contributed by atoms with Crippen LogP contribution in [0.3, 0.4) is 0 Å². The van der Waals surface area contributed by atoms with Gasteiger partial charge in [0.15, 0.2) is 0 Å². The fourth-order valence-electron chi connectivity index (χ4n) is 3.10. The van der Waals surface area contributed by atoms with Crippen LogP contribution < -0.4 is 9.80 Å². The molecule has 0 fully saturated rings. The summed E-state index contributed by atoms with van der Waals surface area (Å²) in [4.78, 5) is 30.6. The van der Waals surface area contributed by atoms with Crippen molar-refractivity contribution in [2.24, 2.45) is 0 Å². The second-order valence-electron chi connectivity index (χ2n) is 6.41. The van der Waals surface area contributed by atoms with E-state index in [0.717, 1.165) is 15.5 Å². The number of benzene rings is 3. The number of hydrogen-bond donors (Lipinski definition) is 0. The molecule has 0 bridgehead atoms. The van der Waals surface area contributed by atoms with E-state index in [-0.39, 0.29) is 0 Å². The fraction of sp³-hybridized carbons (Fsp3) is 0.0435. The minimum atomic E-state index is -0.439. The topological polar surface area (TPSA) is 40.6 Å². The summed E-state index contributed by atoms with van der Waals surface area (Å²) in [5.41, 5.74) is 1.42. The highest BCUT2D eigenvalue weighted by Gasteiger charge is 2.42. The largest absolute Gasteiger partial charge is 0.339 e. The molecule has 0 aliphatic carbocycles. The zero-order chi connectivity index (χ0) is 20.4. The first-order valence-corrected chi connectivity index (χ1v) is 9.78. The van der Waals surface area contributed by atoms with Crippen molar-refractivity contribution in [2.75, 3.05) is 16.8 Å². The quantitative estimate of drug-likeness (QED) is 0.571. The first kappa shape index (κ1) is 19.0. The monoisotopic (exact) mass is 404 g/mol. The lowest BCUT2D eigenvalue weighted by Gasteiger charge is -2.21. The van der Waals surface area contributed by atoms with Gasteiger partial charge in [-0.05, 0) is 48.5 Å². The predicted octanol–water partition coefficient (Wildman–Crippen LogP) is 4.84. The molecule has 0 atom stereocenters. The van der Waals surface area contributed by atoms with Crippen LogP contribution in [0.1, 0.15) is 0 Å². The number of hydrogen-bond acceptors (Lipinski definition) is 4. The second-order valence-corrected chi connectivity index (χ2v) is 7.49. The fourth-order valence-corrected chi connectivity index (χ4v) is 4.13. The number of thioether (sulfide) groups is 1. The van der Waals surface area contributed by atoms with Crippen LogP contribution in [0.15, 0.2) is 100 Å². The second kappa shape index (κ2) is 7.93. The highest BCUT2D eigenvalue weighted by atomic mass is 32.2. The number of para-hydroxylation sites is 1. The number of nitrogens with zero attached hydrogens (tertiary/aromatic N) is 2. The minimum Gasteiger partial charge on any atom is -0.339 e. The molecule has 3 aromatic rings. The third kappa shape index (κ3) is 3.67. The van der Waals surface area contributed by atoms with Gasteiger partial charge >= 0.3 is 0 Å². The molecule has 0 radical (unpaired) electrons. The zero-order valence-corrected chi connectivity index (χ0v) is 16.4. The van der Waals surface area contributed by atoms with E-state index >= 15 is 0 Å². The summed E-state index contributed by atoms with van der Waals surface area (Å²) >= 11 is 1.25. The molecule has 4 rings (SSSR count). The van der Waals surface area contributed by atoms with Gasteiger partial charge in [-0.2, -0.15) is 0 Å². The normalized spacial score (nSPS) is 13.9. The van der Waals surface area contributed by atoms with Gasteiger partial charge in [-0.3, -0.25) is 9.59 Å². The Labute approximate surface area is 172 Å². The number of amides is 2. The Kier molecular flexibility index (Phi) is 5.18. The molecule has 2 amide bonds. The van der Waals surface area contributed by atoms with Crippen molar-refractivity contribution in [3.63, 3.8) is 0 Å². The minimum absolute atomic E-state index is 0.291. The Balaban J connectivity index is 1.79. The van der Waals surface area contributed by atoms with Crippen molar-refractivity contribution in [3.05, 3.63) is 101 Å². The van der Waals surface area contributed by atoms with Crippen LogP contribution >= 0.6 is 11.8 Å². The van der Waals surface area contributed by atoms with Crippen LogP contribution in [-0.2, 0) is 9.59 Å². The maximum atomic E-state index is 13.3. The van der Waals surface area contributed by atoms with Crippen LogP contribution in [0.4, 0.5) is 15.8 Å². The third-order valence-corrected chi connectivity index (χ3v) is 5.62. The van der Waals surface area contributed by atoms with Crippen molar-refractivity contribution in [2.45, 2.75) is 4.90 Å². The predicted molar refractivity (Wildman–Crippen MR) is 113 cm³/mol. The van der Waals surface area contributed by atoms with Crippen molar-refractivity contribution < 1.29 is 14.0 Å².